The molecule has 2 N–H and O–H groups in total. The number of methoxy groups -OCH3 is 1. The van der Waals surface area contributed by atoms with Gasteiger partial charge in [-0.25, -0.2) is 8.78 Å². The fourth-order valence-corrected chi connectivity index (χ4v) is 3.43. The molecule has 0 spiro atoms. The average molecular weight is 356 g/mol. The number of fused-ring (bicyclic) bond motifs is 2. The maximum Gasteiger partial charge on any atom is 0.160 e. The van der Waals surface area contributed by atoms with Gasteiger partial charge in [0.1, 0.15) is 5.75 Å². The lowest BCUT2D eigenvalue weighted by molar-refractivity contribution is 0.415. The van der Waals surface area contributed by atoms with Crippen molar-refractivity contribution in [1.82, 2.24) is 4.98 Å². The number of H-pyrrole nitrogens is 1. The van der Waals surface area contributed by atoms with Crippen LogP contribution in [-0.2, 0) is 0 Å². The van der Waals surface area contributed by atoms with Crippen molar-refractivity contribution in [3.63, 3.8) is 0 Å². The summed E-state index contributed by atoms with van der Waals surface area (Å²) in [5.74, 6) is -0.905. The Labute approximate surface area is 147 Å². The fraction of sp³-hybridized carbons (Fsp3) is 0.0526. The molecule has 0 saturated heterocycles. The fourth-order valence-electron chi connectivity index (χ4n) is 2.71. The number of nitrogens with one attached hydrogen (secondary N) is 2. The van der Waals surface area contributed by atoms with Crippen LogP contribution in [0.25, 0.3) is 21.7 Å². The summed E-state index contributed by atoms with van der Waals surface area (Å²) < 4.78 is 35.2. The van der Waals surface area contributed by atoms with E-state index in [0.29, 0.717) is 16.6 Å². The highest BCUT2D eigenvalue weighted by Gasteiger charge is 2.09. The normalized spacial score (nSPS) is 11.2. The minimum Gasteiger partial charge on any atom is -0.497 e. The number of halogens is 2. The van der Waals surface area contributed by atoms with E-state index in [2.05, 4.69) is 15.8 Å². The molecule has 3 nitrogen and oxygen atoms in total. The number of hydrogen-bond acceptors (Lipinski definition) is 3. The highest BCUT2D eigenvalue weighted by atomic mass is 32.2. The van der Waals surface area contributed by atoms with E-state index in [0.717, 1.165) is 27.5 Å². The van der Waals surface area contributed by atoms with Gasteiger partial charge in [-0.05, 0) is 53.1 Å². The zero-order valence-corrected chi connectivity index (χ0v) is 14.1. The molecule has 0 radical (unpaired) electrons. The molecule has 0 aliphatic heterocycles. The third kappa shape index (κ3) is 3.00. The predicted molar refractivity (Wildman–Crippen MR) is 98.2 cm³/mol. The molecule has 0 aliphatic rings. The van der Waals surface area contributed by atoms with Crippen LogP contribution in [-0.4, -0.2) is 12.1 Å². The highest BCUT2D eigenvalue weighted by Crippen LogP contribution is 2.31. The van der Waals surface area contributed by atoms with Gasteiger partial charge in [0, 0.05) is 22.5 Å². The zero-order valence-electron chi connectivity index (χ0n) is 13.3. The molecule has 126 valence electrons. The second-order valence-electron chi connectivity index (χ2n) is 5.59. The minimum atomic E-state index is -0.862. The molecule has 25 heavy (non-hydrogen) atoms. The smallest absolute Gasteiger partial charge is 0.160 e. The molecule has 4 aromatic rings. The van der Waals surface area contributed by atoms with Crippen LogP contribution < -0.4 is 9.46 Å². The van der Waals surface area contributed by atoms with E-state index in [1.807, 2.05) is 30.3 Å². The van der Waals surface area contributed by atoms with E-state index < -0.39 is 11.6 Å². The number of aromatic amines is 1. The van der Waals surface area contributed by atoms with Crippen LogP contribution >= 0.6 is 11.9 Å². The van der Waals surface area contributed by atoms with Crippen LogP contribution in [0, 0.1) is 11.6 Å². The Kier molecular flexibility index (Phi) is 3.97. The van der Waals surface area contributed by atoms with Crippen molar-refractivity contribution in [2.75, 3.05) is 11.8 Å². The predicted octanol–water partition coefficient (Wildman–Crippen LogP) is 5.73. The van der Waals surface area contributed by atoms with Crippen molar-refractivity contribution >= 4 is 39.3 Å². The van der Waals surface area contributed by atoms with Crippen LogP contribution in [0.15, 0.2) is 59.6 Å². The van der Waals surface area contributed by atoms with Crippen molar-refractivity contribution in [2.24, 2.45) is 0 Å². The zero-order chi connectivity index (χ0) is 17.4. The number of rotatable bonds is 4. The van der Waals surface area contributed by atoms with Crippen LogP contribution in [0.4, 0.5) is 14.5 Å². The van der Waals surface area contributed by atoms with E-state index in [4.69, 9.17) is 4.74 Å². The maximum absolute atomic E-state index is 13.5. The van der Waals surface area contributed by atoms with Gasteiger partial charge < -0.3 is 14.4 Å². The van der Waals surface area contributed by atoms with Gasteiger partial charge in [-0.15, -0.1) is 0 Å². The molecule has 1 aromatic heterocycles. The topological polar surface area (TPSA) is 37.0 Å². The number of ether oxygens (including phenoxy) is 1. The Bertz CT molecular complexity index is 1080. The van der Waals surface area contributed by atoms with Crippen molar-refractivity contribution in [3.8, 4) is 5.75 Å². The Hall–Kier alpha value is -2.73. The number of aromatic nitrogens is 1. The molecule has 0 amide bonds. The second-order valence-corrected chi connectivity index (χ2v) is 6.47. The van der Waals surface area contributed by atoms with Gasteiger partial charge in [-0.1, -0.05) is 12.1 Å². The van der Waals surface area contributed by atoms with Gasteiger partial charge >= 0.3 is 0 Å². The SMILES string of the molecule is COc1ccc2cc(SNc3c[nH]c4cc(F)c(F)cc34)ccc2c1. The van der Waals surface area contributed by atoms with Crippen LogP contribution in [0.3, 0.4) is 0 Å². The molecule has 0 unspecified atom stereocenters. The van der Waals surface area contributed by atoms with E-state index >= 15 is 0 Å². The number of hydrogen-bond donors (Lipinski definition) is 2. The summed E-state index contributed by atoms with van der Waals surface area (Å²) in [5.41, 5.74) is 1.25. The Balaban J connectivity index is 1.59. The molecular formula is C19H14F2N2OS. The van der Waals surface area contributed by atoms with E-state index in [1.165, 1.54) is 18.0 Å². The molecular weight excluding hydrogens is 342 g/mol. The van der Waals surface area contributed by atoms with Crippen molar-refractivity contribution in [1.29, 1.82) is 0 Å². The Morgan fingerprint density at radius 1 is 0.960 bits per heavy atom. The van der Waals surface area contributed by atoms with Gasteiger partial charge in [0.15, 0.2) is 11.6 Å². The monoisotopic (exact) mass is 356 g/mol. The summed E-state index contributed by atoms with van der Waals surface area (Å²) >= 11 is 1.41. The summed E-state index contributed by atoms with van der Waals surface area (Å²) in [7, 11) is 1.64. The Morgan fingerprint density at radius 2 is 1.72 bits per heavy atom. The van der Waals surface area contributed by atoms with Crippen molar-refractivity contribution in [3.05, 3.63) is 66.4 Å². The molecule has 6 heteroatoms. The van der Waals surface area contributed by atoms with Crippen molar-refractivity contribution < 1.29 is 13.5 Å². The molecule has 4 rings (SSSR count). The molecule has 0 aliphatic carbocycles. The standard InChI is InChI=1S/C19H14F2N2OS/c1-24-13-4-2-12-7-14(5-3-11(12)6-13)25-23-19-10-22-18-9-17(21)16(20)8-15(18)19/h2-10,22-23H,1H3. The molecule has 0 fully saturated rings. The average Bonchev–Trinajstić information content (AvgIpc) is 3.01. The van der Waals surface area contributed by atoms with Gasteiger partial charge in [-0.2, -0.15) is 0 Å². The molecule has 0 atom stereocenters. The maximum atomic E-state index is 13.5. The Morgan fingerprint density at radius 3 is 2.56 bits per heavy atom. The van der Waals surface area contributed by atoms with E-state index in [-0.39, 0.29) is 0 Å². The summed E-state index contributed by atoms with van der Waals surface area (Å²) in [5, 5.41) is 2.80. The van der Waals surface area contributed by atoms with E-state index in [9.17, 15) is 8.78 Å². The molecule has 1 heterocycles. The van der Waals surface area contributed by atoms with Crippen molar-refractivity contribution in [2.45, 2.75) is 4.90 Å². The van der Waals surface area contributed by atoms with Crippen LogP contribution in [0.5, 0.6) is 5.75 Å². The number of benzene rings is 3. The van der Waals surface area contributed by atoms with Gasteiger partial charge in [0.2, 0.25) is 0 Å². The van der Waals surface area contributed by atoms with E-state index in [1.54, 1.807) is 13.3 Å². The summed E-state index contributed by atoms with van der Waals surface area (Å²) in [6, 6.07) is 14.3. The number of anilines is 1. The minimum absolute atomic E-state index is 0.549. The first-order chi connectivity index (χ1) is 12.1. The lowest BCUT2D eigenvalue weighted by atomic mass is 10.1. The van der Waals surface area contributed by atoms with Gasteiger partial charge in [0.25, 0.3) is 0 Å². The summed E-state index contributed by atoms with van der Waals surface area (Å²) in [6.07, 6.45) is 1.70. The molecule has 0 bridgehead atoms. The third-order valence-electron chi connectivity index (χ3n) is 4.02. The largest absolute Gasteiger partial charge is 0.497 e. The molecule has 3 aromatic carbocycles. The van der Waals surface area contributed by atoms with Gasteiger partial charge in [0.05, 0.1) is 18.3 Å². The van der Waals surface area contributed by atoms with Crippen LogP contribution in [0.1, 0.15) is 0 Å². The first-order valence-electron chi connectivity index (χ1n) is 7.61. The third-order valence-corrected chi connectivity index (χ3v) is 4.83. The van der Waals surface area contributed by atoms with Crippen LogP contribution in [0.2, 0.25) is 0 Å². The first-order valence-corrected chi connectivity index (χ1v) is 8.42. The van der Waals surface area contributed by atoms with Gasteiger partial charge in [-0.3, -0.25) is 0 Å². The quantitative estimate of drug-likeness (QED) is 0.459. The lowest BCUT2D eigenvalue weighted by Gasteiger charge is -2.07. The summed E-state index contributed by atoms with van der Waals surface area (Å²) in [6.45, 7) is 0. The second kappa shape index (κ2) is 6.29. The highest BCUT2D eigenvalue weighted by molar-refractivity contribution is 8.00. The summed E-state index contributed by atoms with van der Waals surface area (Å²) in [4.78, 5) is 3.95. The lowest BCUT2D eigenvalue weighted by Crippen LogP contribution is -1.87. The first kappa shape index (κ1) is 15.8. The molecule has 0 saturated carbocycles.